The van der Waals surface area contributed by atoms with Crippen molar-refractivity contribution in [2.24, 2.45) is 0 Å². The van der Waals surface area contributed by atoms with Crippen LogP contribution in [0, 0.1) is 6.92 Å². The molecule has 0 spiro atoms. The quantitative estimate of drug-likeness (QED) is 0.793. The van der Waals surface area contributed by atoms with E-state index in [0.29, 0.717) is 23.6 Å². The van der Waals surface area contributed by atoms with Gasteiger partial charge in [0.1, 0.15) is 5.76 Å². The summed E-state index contributed by atoms with van der Waals surface area (Å²) in [4.78, 5) is 11.8. The number of anilines is 1. The first-order valence-corrected chi connectivity index (χ1v) is 5.33. The SMILES string of the molecule is Cc1ccc(C(=O)NCc2ccco2)c(N)c1. The third kappa shape index (κ3) is 2.66. The molecular formula is C13H14N2O2. The summed E-state index contributed by atoms with van der Waals surface area (Å²) >= 11 is 0. The van der Waals surface area contributed by atoms with Crippen LogP contribution in [0.2, 0.25) is 0 Å². The van der Waals surface area contributed by atoms with Gasteiger partial charge in [-0.3, -0.25) is 4.79 Å². The van der Waals surface area contributed by atoms with Crippen LogP contribution in [-0.4, -0.2) is 5.91 Å². The smallest absolute Gasteiger partial charge is 0.253 e. The third-order valence-electron chi connectivity index (χ3n) is 2.45. The van der Waals surface area contributed by atoms with E-state index in [-0.39, 0.29) is 5.91 Å². The maximum Gasteiger partial charge on any atom is 0.253 e. The summed E-state index contributed by atoms with van der Waals surface area (Å²) in [5, 5.41) is 2.75. The molecule has 3 N–H and O–H groups in total. The van der Waals surface area contributed by atoms with Crippen molar-refractivity contribution in [3.63, 3.8) is 0 Å². The molecule has 0 unspecified atom stereocenters. The minimum atomic E-state index is -0.195. The molecule has 0 aliphatic rings. The predicted molar refractivity (Wildman–Crippen MR) is 65.5 cm³/mol. The number of hydrogen-bond donors (Lipinski definition) is 2. The average molecular weight is 230 g/mol. The van der Waals surface area contributed by atoms with Crippen LogP contribution >= 0.6 is 0 Å². The van der Waals surface area contributed by atoms with Crippen LogP contribution in [0.15, 0.2) is 41.0 Å². The lowest BCUT2D eigenvalue weighted by Crippen LogP contribution is -2.23. The second-order valence-corrected chi connectivity index (χ2v) is 3.85. The summed E-state index contributed by atoms with van der Waals surface area (Å²) in [6.07, 6.45) is 1.57. The monoisotopic (exact) mass is 230 g/mol. The number of rotatable bonds is 3. The molecule has 0 aliphatic carbocycles. The first-order chi connectivity index (χ1) is 8.16. The van der Waals surface area contributed by atoms with E-state index in [1.54, 1.807) is 30.5 Å². The fourth-order valence-corrected chi connectivity index (χ4v) is 1.56. The van der Waals surface area contributed by atoms with Crippen molar-refractivity contribution in [3.05, 3.63) is 53.5 Å². The fourth-order valence-electron chi connectivity index (χ4n) is 1.56. The Bertz CT molecular complexity index is 518. The minimum Gasteiger partial charge on any atom is -0.467 e. The first kappa shape index (κ1) is 11.3. The van der Waals surface area contributed by atoms with Gasteiger partial charge in [0.05, 0.1) is 18.4 Å². The molecule has 17 heavy (non-hydrogen) atoms. The number of carbonyl (C=O) groups excluding carboxylic acids is 1. The molecule has 4 heteroatoms. The normalized spacial score (nSPS) is 10.2. The van der Waals surface area contributed by atoms with Crippen LogP contribution in [0.3, 0.4) is 0 Å². The highest BCUT2D eigenvalue weighted by molar-refractivity contribution is 5.99. The number of aryl methyl sites for hydroxylation is 1. The Kier molecular flexibility index (Phi) is 3.14. The molecule has 0 fully saturated rings. The van der Waals surface area contributed by atoms with Gasteiger partial charge in [-0.25, -0.2) is 0 Å². The van der Waals surface area contributed by atoms with Crippen molar-refractivity contribution < 1.29 is 9.21 Å². The fraction of sp³-hybridized carbons (Fsp3) is 0.154. The first-order valence-electron chi connectivity index (χ1n) is 5.33. The van der Waals surface area contributed by atoms with Gasteiger partial charge in [0.15, 0.2) is 0 Å². The van der Waals surface area contributed by atoms with Gasteiger partial charge in [-0.05, 0) is 36.8 Å². The second kappa shape index (κ2) is 4.74. The summed E-state index contributed by atoms with van der Waals surface area (Å²) in [6, 6.07) is 8.95. The maximum atomic E-state index is 11.8. The summed E-state index contributed by atoms with van der Waals surface area (Å²) in [7, 11) is 0. The van der Waals surface area contributed by atoms with E-state index in [9.17, 15) is 4.79 Å². The predicted octanol–water partition coefficient (Wildman–Crippen LogP) is 2.10. The number of amides is 1. The lowest BCUT2D eigenvalue weighted by atomic mass is 10.1. The van der Waals surface area contributed by atoms with E-state index in [4.69, 9.17) is 10.2 Å². The van der Waals surface area contributed by atoms with E-state index < -0.39 is 0 Å². The molecule has 0 atom stereocenters. The molecule has 0 saturated heterocycles. The van der Waals surface area contributed by atoms with Crippen LogP contribution in [0.1, 0.15) is 21.7 Å². The molecule has 0 aliphatic heterocycles. The topological polar surface area (TPSA) is 68.3 Å². The molecule has 1 amide bonds. The summed E-state index contributed by atoms with van der Waals surface area (Å²) < 4.78 is 5.12. The van der Waals surface area contributed by atoms with Gasteiger partial charge in [-0.15, -0.1) is 0 Å². The molecule has 2 rings (SSSR count). The summed E-state index contributed by atoms with van der Waals surface area (Å²) in [5.74, 6) is 0.517. The maximum absolute atomic E-state index is 11.8. The number of benzene rings is 1. The van der Waals surface area contributed by atoms with Gasteiger partial charge in [0, 0.05) is 5.69 Å². The number of nitrogen functional groups attached to an aromatic ring is 1. The van der Waals surface area contributed by atoms with E-state index in [0.717, 1.165) is 5.56 Å². The number of nitrogens with two attached hydrogens (primary N) is 1. The van der Waals surface area contributed by atoms with Crippen molar-refractivity contribution in [1.29, 1.82) is 0 Å². The standard InChI is InChI=1S/C13H14N2O2/c1-9-4-5-11(12(14)7-9)13(16)15-8-10-3-2-6-17-10/h2-7H,8,14H2,1H3,(H,15,16). The van der Waals surface area contributed by atoms with Crippen molar-refractivity contribution >= 4 is 11.6 Å². The van der Waals surface area contributed by atoms with Gasteiger partial charge >= 0.3 is 0 Å². The molecule has 88 valence electrons. The molecule has 0 bridgehead atoms. The second-order valence-electron chi connectivity index (χ2n) is 3.85. The van der Waals surface area contributed by atoms with Crippen LogP contribution in [0.25, 0.3) is 0 Å². The Hall–Kier alpha value is -2.23. The Labute approximate surface area is 99.4 Å². The number of carbonyl (C=O) groups is 1. The van der Waals surface area contributed by atoms with Gasteiger partial charge in [-0.2, -0.15) is 0 Å². The van der Waals surface area contributed by atoms with Crippen molar-refractivity contribution in [2.45, 2.75) is 13.5 Å². The minimum absolute atomic E-state index is 0.195. The largest absolute Gasteiger partial charge is 0.467 e. The zero-order valence-corrected chi connectivity index (χ0v) is 9.57. The molecule has 1 aromatic heterocycles. The van der Waals surface area contributed by atoms with Crippen molar-refractivity contribution in [2.75, 3.05) is 5.73 Å². The summed E-state index contributed by atoms with van der Waals surface area (Å²) in [5.41, 5.74) is 7.80. The lowest BCUT2D eigenvalue weighted by molar-refractivity contribution is 0.0949. The zero-order valence-electron chi connectivity index (χ0n) is 9.57. The van der Waals surface area contributed by atoms with Gasteiger partial charge < -0.3 is 15.5 Å². The van der Waals surface area contributed by atoms with E-state index in [1.807, 2.05) is 13.0 Å². The molecule has 1 aromatic carbocycles. The van der Waals surface area contributed by atoms with Crippen molar-refractivity contribution in [3.8, 4) is 0 Å². The highest BCUT2D eigenvalue weighted by Crippen LogP contribution is 2.13. The van der Waals surface area contributed by atoms with Gasteiger partial charge in [-0.1, -0.05) is 6.07 Å². The summed E-state index contributed by atoms with van der Waals surface area (Å²) in [6.45, 7) is 2.29. The van der Waals surface area contributed by atoms with Gasteiger partial charge in [0.25, 0.3) is 5.91 Å². The Morgan fingerprint density at radius 3 is 2.88 bits per heavy atom. The van der Waals surface area contributed by atoms with E-state index >= 15 is 0 Å². The average Bonchev–Trinajstić information content (AvgIpc) is 2.78. The van der Waals surface area contributed by atoms with Crippen LogP contribution in [-0.2, 0) is 6.54 Å². The molecule has 0 radical (unpaired) electrons. The lowest BCUT2D eigenvalue weighted by Gasteiger charge is -2.06. The van der Waals surface area contributed by atoms with Crippen LogP contribution in [0.4, 0.5) is 5.69 Å². The van der Waals surface area contributed by atoms with Crippen molar-refractivity contribution in [1.82, 2.24) is 5.32 Å². The zero-order chi connectivity index (χ0) is 12.3. The highest BCUT2D eigenvalue weighted by Gasteiger charge is 2.09. The number of nitrogens with one attached hydrogen (secondary N) is 1. The molecule has 0 saturated carbocycles. The Morgan fingerprint density at radius 2 is 2.24 bits per heavy atom. The Morgan fingerprint density at radius 1 is 1.41 bits per heavy atom. The Balaban J connectivity index is 2.04. The number of furan rings is 1. The van der Waals surface area contributed by atoms with E-state index in [2.05, 4.69) is 5.32 Å². The highest BCUT2D eigenvalue weighted by atomic mass is 16.3. The molecular weight excluding hydrogens is 216 g/mol. The van der Waals surface area contributed by atoms with E-state index in [1.165, 1.54) is 0 Å². The number of hydrogen-bond acceptors (Lipinski definition) is 3. The molecule has 1 heterocycles. The van der Waals surface area contributed by atoms with Crippen LogP contribution in [0.5, 0.6) is 0 Å². The third-order valence-corrected chi connectivity index (χ3v) is 2.45. The molecule has 2 aromatic rings. The molecule has 4 nitrogen and oxygen atoms in total. The van der Waals surface area contributed by atoms with Gasteiger partial charge in [0.2, 0.25) is 0 Å². The van der Waals surface area contributed by atoms with Crippen LogP contribution < -0.4 is 11.1 Å².